The number of hydrogen-bond donors (Lipinski definition) is 0. The SMILES string of the molecule is Cc1noc(C)c1CN(C)C(=O)C1CC(=O)N(C2CCCC2)C1. The molecule has 23 heavy (non-hydrogen) atoms. The molecule has 6 nitrogen and oxygen atoms in total. The van der Waals surface area contributed by atoms with Gasteiger partial charge in [-0.05, 0) is 26.7 Å². The third-order valence-electron chi connectivity index (χ3n) is 5.23. The fourth-order valence-electron chi connectivity index (χ4n) is 3.82. The van der Waals surface area contributed by atoms with Gasteiger partial charge in [0.1, 0.15) is 5.76 Å². The summed E-state index contributed by atoms with van der Waals surface area (Å²) < 4.78 is 5.15. The summed E-state index contributed by atoms with van der Waals surface area (Å²) in [5.41, 5.74) is 1.77. The third-order valence-corrected chi connectivity index (χ3v) is 5.23. The van der Waals surface area contributed by atoms with E-state index >= 15 is 0 Å². The zero-order chi connectivity index (χ0) is 16.6. The van der Waals surface area contributed by atoms with Crippen LogP contribution in [0.15, 0.2) is 4.52 Å². The highest BCUT2D eigenvalue weighted by Crippen LogP contribution is 2.30. The number of aryl methyl sites for hydroxylation is 2. The zero-order valence-corrected chi connectivity index (χ0v) is 14.2. The molecule has 126 valence electrons. The lowest BCUT2D eigenvalue weighted by Gasteiger charge is -2.25. The lowest BCUT2D eigenvalue weighted by molar-refractivity contribution is -0.135. The molecule has 3 rings (SSSR count). The molecule has 1 aromatic heterocycles. The van der Waals surface area contributed by atoms with E-state index in [1.54, 1.807) is 11.9 Å². The Labute approximate surface area is 136 Å². The van der Waals surface area contributed by atoms with Crippen molar-refractivity contribution in [2.75, 3.05) is 13.6 Å². The molecular formula is C17H25N3O3. The molecule has 2 amide bonds. The average molecular weight is 319 g/mol. The molecule has 2 aliphatic rings. The Bertz CT molecular complexity index is 585. The van der Waals surface area contributed by atoms with Crippen LogP contribution in [0.1, 0.15) is 49.1 Å². The van der Waals surface area contributed by atoms with Crippen LogP contribution < -0.4 is 0 Å². The fourth-order valence-corrected chi connectivity index (χ4v) is 3.82. The van der Waals surface area contributed by atoms with Crippen molar-refractivity contribution in [3.8, 4) is 0 Å². The van der Waals surface area contributed by atoms with Gasteiger partial charge in [-0.15, -0.1) is 0 Å². The Balaban J connectivity index is 1.63. The number of amides is 2. The second kappa shape index (κ2) is 6.34. The summed E-state index contributed by atoms with van der Waals surface area (Å²) in [6.07, 6.45) is 4.91. The second-order valence-corrected chi connectivity index (χ2v) is 6.88. The summed E-state index contributed by atoms with van der Waals surface area (Å²) in [6, 6.07) is 0.355. The van der Waals surface area contributed by atoms with E-state index in [1.165, 1.54) is 12.8 Å². The van der Waals surface area contributed by atoms with Crippen LogP contribution in [0.5, 0.6) is 0 Å². The number of aromatic nitrogens is 1. The van der Waals surface area contributed by atoms with E-state index in [4.69, 9.17) is 4.52 Å². The standard InChI is InChI=1S/C17H25N3O3/c1-11-15(12(2)23-18-11)10-19(3)17(22)13-8-16(21)20(9-13)14-6-4-5-7-14/h13-14H,4-10H2,1-3H3. The number of rotatable bonds is 4. The highest BCUT2D eigenvalue weighted by Gasteiger charge is 2.39. The summed E-state index contributed by atoms with van der Waals surface area (Å²) in [5, 5.41) is 3.93. The number of hydrogen-bond acceptors (Lipinski definition) is 4. The van der Waals surface area contributed by atoms with Crippen molar-refractivity contribution in [1.29, 1.82) is 0 Å². The van der Waals surface area contributed by atoms with E-state index in [2.05, 4.69) is 5.16 Å². The minimum atomic E-state index is -0.214. The van der Waals surface area contributed by atoms with Crippen molar-refractivity contribution >= 4 is 11.8 Å². The van der Waals surface area contributed by atoms with Crippen LogP contribution >= 0.6 is 0 Å². The van der Waals surface area contributed by atoms with E-state index in [1.807, 2.05) is 18.7 Å². The molecule has 0 N–H and O–H groups in total. The van der Waals surface area contributed by atoms with Crippen molar-refractivity contribution < 1.29 is 14.1 Å². The average Bonchev–Trinajstić information content (AvgIpc) is 3.23. The minimum Gasteiger partial charge on any atom is -0.361 e. The predicted octanol–water partition coefficient (Wildman–Crippen LogP) is 2.04. The Hall–Kier alpha value is -1.85. The summed E-state index contributed by atoms with van der Waals surface area (Å²) in [4.78, 5) is 28.6. The van der Waals surface area contributed by atoms with Gasteiger partial charge < -0.3 is 14.3 Å². The van der Waals surface area contributed by atoms with Gasteiger partial charge in [0, 0.05) is 31.6 Å². The quantitative estimate of drug-likeness (QED) is 0.852. The van der Waals surface area contributed by atoms with Crippen molar-refractivity contribution in [1.82, 2.24) is 15.0 Å². The van der Waals surface area contributed by atoms with Crippen molar-refractivity contribution in [2.24, 2.45) is 5.92 Å². The molecule has 0 aromatic carbocycles. The number of nitrogens with zero attached hydrogens (tertiary/aromatic N) is 3. The van der Waals surface area contributed by atoms with Crippen LogP contribution in [0, 0.1) is 19.8 Å². The zero-order valence-electron chi connectivity index (χ0n) is 14.2. The van der Waals surface area contributed by atoms with Crippen molar-refractivity contribution in [3.05, 3.63) is 17.0 Å². The van der Waals surface area contributed by atoms with E-state index in [-0.39, 0.29) is 17.7 Å². The third kappa shape index (κ3) is 3.12. The lowest BCUT2D eigenvalue weighted by Crippen LogP contribution is -2.37. The molecule has 1 aromatic rings. The Morgan fingerprint density at radius 2 is 2.04 bits per heavy atom. The van der Waals surface area contributed by atoms with Gasteiger partial charge in [0.15, 0.2) is 0 Å². The predicted molar refractivity (Wildman–Crippen MR) is 84.5 cm³/mol. The maximum atomic E-state index is 12.7. The summed E-state index contributed by atoms with van der Waals surface area (Å²) in [6.45, 7) is 4.79. The van der Waals surface area contributed by atoms with Gasteiger partial charge in [-0.3, -0.25) is 9.59 Å². The van der Waals surface area contributed by atoms with Gasteiger partial charge in [0.05, 0.1) is 18.2 Å². The first-order valence-corrected chi connectivity index (χ1v) is 8.43. The van der Waals surface area contributed by atoms with Crippen molar-refractivity contribution in [3.63, 3.8) is 0 Å². The van der Waals surface area contributed by atoms with E-state index in [0.29, 0.717) is 25.6 Å². The monoisotopic (exact) mass is 319 g/mol. The van der Waals surface area contributed by atoms with Gasteiger partial charge in [0.25, 0.3) is 0 Å². The van der Waals surface area contributed by atoms with Crippen LogP contribution in [0.3, 0.4) is 0 Å². The van der Waals surface area contributed by atoms with Gasteiger partial charge >= 0.3 is 0 Å². The molecule has 0 bridgehead atoms. The molecule has 2 heterocycles. The second-order valence-electron chi connectivity index (χ2n) is 6.88. The van der Waals surface area contributed by atoms with Crippen LogP contribution in [0.4, 0.5) is 0 Å². The number of likely N-dealkylation sites (tertiary alicyclic amines) is 1. The highest BCUT2D eigenvalue weighted by molar-refractivity contribution is 5.89. The van der Waals surface area contributed by atoms with Crippen LogP contribution in [0.25, 0.3) is 0 Å². The largest absolute Gasteiger partial charge is 0.361 e. The molecule has 1 atom stereocenters. The minimum absolute atomic E-state index is 0.0406. The number of carbonyl (C=O) groups excluding carboxylic acids is 2. The summed E-state index contributed by atoms with van der Waals surface area (Å²) in [5.74, 6) is 0.714. The fraction of sp³-hybridized carbons (Fsp3) is 0.706. The van der Waals surface area contributed by atoms with Gasteiger partial charge in [-0.2, -0.15) is 0 Å². The van der Waals surface area contributed by atoms with Gasteiger partial charge in [-0.25, -0.2) is 0 Å². The van der Waals surface area contributed by atoms with Gasteiger partial charge in [0.2, 0.25) is 11.8 Å². The summed E-state index contributed by atoms with van der Waals surface area (Å²) in [7, 11) is 1.79. The van der Waals surface area contributed by atoms with Crippen LogP contribution in [0.2, 0.25) is 0 Å². The molecule has 0 radical (unpaired) electrons. The Kier molecular flexibility index (Phi) is 4.41. The van der Waals surface area contributed by atoms with E-state index in [9.17, 15) is 9.59 Å². The maximum absolute atomic E-state index is 12.7. The van der Waals surface area contributed by atoms with Crippen LogP contribution in [-0.2, 0) is 16.1 Å². The number of carbonyl (C=O) groups is 2. The first kappa shape index (κ1) is 16.0. The Morgan fingerprint density at radius 3 is 2.65 bits per heavy atom. The molecule has 2 fully saturated rings. The van der Waals surface area contributed by atoms with Gasteiger partial charge in [-0.1, -0.05) is 18.0 Å². The molecule has 1 aliphatic carbocycles. The maximum Gasteiger partial charge on any atom is 0.228 e. The lowest BCUT2D eigenvalue weighted by atomic mass is 10.1. The topological polar surface area (TPSA) is 66.7 Å². The molecule has 6 heteroatoms. The molecular weight excluding hydrogens is 294 g/mol. The summed E-state index contributed by atoms with van der Waals surface area (Å²) >= 11 is 0. The smallest absolute Gasteiger partial charge is 0.228 e. The van der Waals surface area contributed by atoms with E-state index < -0.39 is 0 Å². The molecule has 0 spiro atoms. The first-order valence-electron chi connectivity index (χ1n) is 8.43. The van der Waals surface area contributed by atoms with E-state index in [0.717, 1.165) is 29.9 Å². The first-order chi connectivity index (χ1) is 11.0. The van der Waals surface area contributed by atoms with Crippen molar-refractivity contribution in [2.45, 2.75) is 58.5 Å². The molecule has 1 aliphatic heterocycles. The molecule has 1 unspecified atom stereocenters. The normalized spacial score (nSPS) is 22.1. The molecule has 1 saturated carbocycles. The molecule has 1 saturated heterocycles. The highest BCUT2D eigenvalue weighted by atomic mass is 16.5. The Morgan fingerprint density at radius 1 is 1.35 bits per heavy atom. The van der Waals surface area contributed by atoms with Crippen LogP contribution in [-0.4, -0.2) is 46.4 Å².